The van der Waals surface area contributed by atoms with Crippen molar-refractivity contribution in [2.45, 2.75) is 13.5 Å². The van der Waals surface area contributed by atoms with Crippen molar-refractivity contribution >= 4 is 5.95 Å². The molecule has 0 fully saturated rings. The Morgan fingerprint density at radius 3 is 2.70 bits per heavy atom. The fourth-order valence-electron chi connectivity index (χ4n) is 1.80. The van der Waals surface area contributed by atoms with E-state index in [1.54, 1.807) is 12.3 Å². The topological polar surface area (TPSA) is 38.2 Å². The highest BCUT2D eigenvalue weighted by molar-refractivity contribution is 5.32. The van der Waals surface area contributed by atoms with Gasteiger partial charge < -0.3 is 9.64 Å². The maximum absolute atomic E-state index is 5.69. The van der Waals surface area contributed by atoms with Crippen LogP contribution in [0.2, 0.25) is 0 Å². The van der Waals surface area contributed by atoms with Gasteiger partial charge in [0.15, 0.2) is 0 Å². The monoisotopic (exact) mass is 269 g/mol. The molecule has 4 nitrogen and oxygen atoms in total. The second-order valence-corrected chi connectivity index (χ2v) is 4.78. The molecule has 104 valence electrons. The average Bonchev–Trinajstić information content (AvgIpc) is 2.46. The third-order valence-electron chi connectivity index (χ3n) is 2.70. The third kappa shape index (κ3) is 4.09. The van der Waals surface area contributed by atoms with Gasteiger partial charge in [-0.25, -0.2) is 4.98 Å². The van der Waals surface area contributed by atoms with E-state index in [-0.39, 0.29) is 0 Å². The number of hydrogen-bond acceptors (Lipinski definition) is 4. The first-order valence-electron chi connectivity index (χ1n) is 6.50. The largest absolute Gasteiger partial charge is 0.473 e. The first-order valence-corrected chi connectivity index (χ1v) is 6.50. The van der Waals surface area contributed by atoms with Crippen molar-refractivity contribution in [1.29, 1.82) is 0 Å². The van der Waals surface area contributed by atoms with E-state index in [1.165, 1.54) is 0 Å². The van der Waals surface area contributed by atoms with Crippen LogP contribution in [0.5, 0.6) is 5.88 Å². The van der Waals surface area contributed by atoms with Gasteiger partial charge in [-0.2, -0.15) is 4.98 Å². The summed E-state index contributed by atoms with van der Waals surface area (Å²) < 4.78 is 5.69. The SMILES string of the molecule is C=C(C)CN(C)c1nccc(OCc2ccccc2)n1. The summed E-state index contributed by atoms with van der Waals surface area (Å²) in [6.45, 7) is 7.09. The van der Waals surface area contributed by atoms with Crippen molar-refractivity contribution in [1.82, 2.24) is 9.97 Å². The molecule has 2 aromatic rings. The van der Waals surface area contributed by atoms with E-state index in [0.29, 0.717) is 18.4 Å². The first kappa shape index (κ1) is 14.1. The van der Waals surface area contributed by atoms with Crippen LogP contribution in [0.4, 0.5) is 5.95 Å². The van der Waals surface area contributed by atoms with Crippen LogP contribution in [0.25, 0.3) is 0 Å². The molecule has 2 rings (SSSR count). The molecule has 1 aromatic carbocycles. The summed E-state index contributed by atoms with van der Waals surface area (Å²) in [4.78, 5) is 10.6. The summed E-state index contributed by atoms with van der Waals surface area (Å²) in [7, 11) is 1.94. The van der Waals surface area contributed by atoms with E-state index in [0.717, 1.165) is 17.7 Å². The highest BCUT2D eigenvalue weighted by Crippen LogP contribution is 2.13. The van der Waals surface area contributed by atoms with Crippen LogP contribution in [-0.4, -0.2) is 23.6 Å². The second-order valence-electron chi connectivity index (χ2n) is 4.78. The minimum absolute atomic E-state index is 0.501. The molecule has 0 amide bonds. The van der Waals surface area contributed by atoms with Gasteiger partial charge >= 0.3 is 0 Å². The van der Waals surface area contributed by atoms with Gasteiger partial charge in [-0.1, -0.05) is 42.5 Å². The zero-order valence-corrected chi connectivity index (χ0v) is 11.9. The molecule has 0 saturated heterocycles. The van der Waals surface area contributed by atoms with Crippen LogP contribution in [0.15, 0.2) is 54.7 Å². The lowest BCUT2D eigenvalue weighted by Crippen LogP contribution is -2.21. The van der Waals surface area contributed by atoms with Crippen molar-refractivity contribution in [3.63, 3.8) is 0 Å². The maximum atomic E-state index is 5.69. The Balaban J connectivity index is 2.01. The highest BCUT2D eigenvalue weighted by atomic mass is 16.5. The van der Waals surface area contributed by atoms with Gasteiger partial charge in [0, 0.05) is 25.9 Å². The Morgan fingerprint density at radius 2 is 2.00 bits per heavy atom. The number of hydrogen-bond donors (Lipinski definition) is 0. The molecular weight excluding hydrogens is 250 g/mol. The van der Waals surface area contributed by atoms with Crippen molar-refractivity contribution in [3.05, 3.63) is 60.3 Å². The van der Waals surface area contributed by atoms with Crippen LogP contribution in [-0.2, 0) is 6.61 Å². The number of nitrogens with zero attached hydrogens (tertiary/aromatic N) is 3. The molecule has 0 aliphatic rings. The van der Waals surface area contributed by atoms with Crippen molar-refractivity contribution in [2.75, 3.05) is 18.5 Å². The minimum Gasteiger partial charge on any atom is -0.473 e. The maximum Gasteiger partial charge on any atom is 0.228 e. The van der Waals surface area contributed by atoms with E-state index in [9.17, 15) is 0 Å². The molecule has 4 heteroatoms. The van der Waals surface area contributed by atoms with E-state index in [2.05, 4.69) is 16.5 Å². The van der Waals surface area contributed by atoms with Gasteiger partial charge in [-0.15, -0.1) is 0 Å². The van der Waals surface area contributed by atoms with Gasteiger partial charge in [0.2, 0.25) is 11.8 Å². The summed E-state index contributed by atoms with van der Waals surface area (Å²) in [5.41, 5.74) is 2.18. The smallest absolute Gasteiger partial charge is 0.228 e. The number of likely N-dealkylation sites (N-methyl/N-ethyl adjacent to an activating group) is 1. The fraction of sp³-hybridized carbons (Fsp3) is 0.250. The second kappa shape index (κ2) is 6.70. The fourth-order valence-corrected chi connectivity index (χ4v) is 1.80. The van der Waals surface area contributed by atoms with Crippen molar-refractivity contribution in [3.8, 4) is 5.88 Å². The Kier molecular flexibility index (Phi) is 4.71. The summed E-state index contributed by atoms with van der Waals surface area (Å²) in [6.07, 6.45) is 1.71. The van der Waals surface area contributed by atoms with Crippen LogP contribution in [0, 0.1) is 0 Å². The van der Waals surface area contributed by atoms with Gasteiger partial charge in [0.1, 0.15) is 6.61 Å². The molecule has 0 aliphatic carbocycles. The Bertz CT molecular complexity index is 569. The number of aromatic nitrogens is 2. The molecule has 20 heavy (non-hydrogen) atoms. The van der Waals surface area contributed by atoms with E-state index < -0.39 is 0 Å². The zero-order valence-electron chi connectivity index (χ0n) is 11.9. The Morgan fingerprint density at radius 1 is 1.25 bits per heavy atom. The van der Waals surface area contributed by atoms with Crippen molar-refractivity contribution in [2.24, 2.45) is 0 Å². The summed E-state index contributed by atoms with van der Waals surface area (Å²) in [6, 6.07) is 11.8. The summed E-state index contributed by atoms with van der Waals surface area (Å²) in [5, 5.41) is 0. The zero-order chi connectivity index (χ0) is 14.4. The average molecular weight is 269 g/mol. The predicted molar refractivity (Wildman–Crippen MR) is 80.9 cm³/mol. The van der Waals surface area contributed by atoms with E-state index in [4.69, 9.17) is 4.74 Å². The number of benzene rings is 1. The van der Waals surface area contributed by atoms with Crippen LogP contribution in [0.3, 0.4) is 0 Å². The van der Waals surface area contributed by atoms with Crippen molar-refractivity contribution < 1.29 is 4.74 Å². The Hall–Kier alpha value is -2.36. The molecular formula is C16H19N3O. The quantitative estimate of drug-likeness (QED) is 0.755. The Labute approximate surface area is 119 Å². The number of anilines is 1. The third-order valence-corrected chi connectivity index (χ3v) is 2.70. The van der Waals surface area contributed by atoms with Gasteiger partial charge in [-0.05, 0) is 12.5 Å². The van der Waals surface area contributed by atoms with E-state index >= 15 is 0 Å². The van der Waals surface area contributed by atoms with Crippen LogP contribution >= 0.6 is 0 Å². The van der Waals surface area contributed by atoms with Gasteiger partial charge in [-0.3, -0.25) is 0 Å². The molecule has 0 aliphatic heterocycles. The lowest BCUT2D eigenvalue weighted by atomic mass is 10.2. The summed E-state index contributed by atoms with van der Waals surface area (Å²) in [5.74, 6) is 1.21. The molecule has 0 bridgehead atoms. The van der Waals surface area contributed by atoms with E-state index in [1.807, 2.05) is 49.2 Å². The van der Waals surface area contributed by atoms with Crippen LogP contribution < -0.4 is 9.64 Å². The summed E-state index contributed by atoms with van der Waals surface area (Å²) >= 11 is 0. The molecule has 0 radical (unpaired) electrons. The lowest BCUT2D eigenvalue weighted by Gasteiger charge is -2.17. The molecule has 0 unspecified atom stereocenters. The molecule has 0 N–H and O–H groups in total. The normalized spacial score (nSPS) is 10.1. The van der Waals surface area contributed by atoms with Crippen LogP contribution in [0.1, 0.15) is 12.5 Å². The molecule has 1 heterocycles. The minimum atomic E-state index is 0.501. The van der Waals surface area contributed by atoms with Gasteiger partial charge in [0.25, 0.3) is 0 Å². The number of ether oxygens (including phenoxy) is 1. The molecule has 0 spiro atoms. The molecule has 0 saturated carbocycles. The highest BCUT2D eigenvalue weighted by Gasteiger charge is 2.06. The predicted octanol–water partition coefficient (Wildman–Crippen LogP) is 3.07. The first-order chi connectivity index (χ1) is 9.65. The van der Waals surface area contributed by atoms with Gasteiger partial charge in [0.05, 0.1) is 0 Å². The lowest BCUT2D eigenvalue weighted by molar-refractivity contribution is 0.293. The molecule has 1 aromatic heterocycles. The standard InChI is InChI=1S/C16H19N3O/c1-13(2)11-19(3)16-17-10-9-15(18-16)20-12-14-7-5-4-6-8-14/h4-10H,1,11-12H2,2-3H3. The number of rotatable bonds is 6. The molecule has 0 atom stereocenters.